The fourth-order valence-electron chi connectivity index (χ4n) is 5.54. The molecule has 2 aliphatic rings. The van der Waals surface area contributed by atoms with Crippen LogP contribution in [0.3, 0.4) is 0 Å². The highest BCUT2D eigenvalue weighted by atomic mass is 14.3. The van der Waals surface area contributed by atoms with Crippen molar-refractivity contribution in [3.05, 3.63) is 41.5 Å². The van der Waals surface area contributed by atoms with Gasteiger partial charge in [-0.15, -0.1) is 0 Å². The maximum atomic E-state index is 2.55. The molecular weight excluding hydrogens is 336 g/mol. The third-order valence-corrected chi connectivity index (χ3v) is 7.77. The molecule has 1 fully saturated rings. The monoisotopic (exact) mass is 380 g/mol. The van der Waals surface area contributed by atoms with Crippen LogP contribution in [0.2, 0.25) is 0 Å². The zero-order valence-corrected chi connectivity index (χ0v) is 18.9. The van der Waals surface area contributed by atoms with Gasteiger partial charge in [-0.1, -0.05) is 83.2 Å². The first-order chi connectivity index (χ1) is 13.7. The lowest BCUT2D eigenvalue weighted by molar-refractivity contribution is 0.303. The molecule has 0 radical (unpaired) electrons. The Morgan fingerprint density at radius 3 is 2.25 bits per heavy atom. The quantitative estimate of drug-likeness (QED) is 0.374. The van der Waals surface area contributed by atoms with Gasteiger partial charge < -0.3 is 0 Å². The Morgan fingerprint density at radius 1 is 0.893 bits per heavy atom. The highest BCUT2D eigenvalue weighted by Gasteiger charge is 2.22. The third-order valence-electron chi connectivity index (χ3n) is 7.77. The SMILES string of the molecule is CCCCC[C@H]1CC[C@H](c2ccc(C3=CCC(CC(C)CC)CC3)cc2)CC1. The van der Waals surface area contributed by atoms with E-state index in [-0.39, 0.29) is 0 Å². The second kappa shape index (κ2) is 11.2. The number of benzene rings is 1. The Morgan fingerprint density at radius 2 is 1.64 bits per heavy atom. The number of hydrogen-bond acceptors (Lipinski definition) is 0. The zero-order valence-electron chi connectivity index (χ0n) is 18.9. The van der Waals surface area contributed by atoms with Crippen molar-refractivity contribution in [2.24, 2.45) is 17.8 Å². The number of hydrogen-bond donors (Lipinski definition) is 0. The van der Waals surface area contributed by atoms with Gasteiger partial charge in [0.2, 0.25) is 0 Å². The van der Waals surface area contributed by atoms with Gasteiger partial charge in [0, 0.05) is 0 Å². The van der Waals surface area contributed by atoms with E-state index in [0.717, 1.165) is 23.7 Å². The first kappa shape index (κ1) is 21.7. The maximum absolute atomic E-state index is 2.55. The first-order valence-electron chi connectivity index (χ1n) is 12.5. The zero-order chi connectivity index (χ0) is 19.8. The molecule has 2 atom stereocenters. The third kappa shape index (κ3) is 6.23. The van der Waals surface area contributed by atoms with Crippen molar-refractivity contribution in [2.45, 2.75) is 110 Å². The van der Waals surface area contributed by atoms with Crippen LogP contribution in [0.4, 0.5) is 0 Å². The van der Waals surface area contributed by atoms with Gasteiger partial charge in [-0.3, -0.25) is 0 Å². The smallest absolute Gasteiger partial charge is 0.0162 e. The minimum absolute atomic E-state index is 0.816. The summed E-state index contributed by atoms with van der Waals surface area (Å²) in [5.41, 5.74) is 4.69. The number of unbranched alkanes of at least 4 members (excludes halogenated alkanes) is 2. The Hall–Kier alpha value is -1.04. The lowest BCUT2D eigenvalue weighted by Gasteiger charge is -2.29. The standard InChI is InChI=1S/C28H44/c1-4-6-7-8-23-9-13-25(14-10-23)27-17-19-28(20-18-27)26-15-11-24(12-16-26)21-22(3)5-2/h15,17-20,22-25H,4-14,16,21H2,1-3H3/t22?,23-,24?,25-. The summed E-state index contributed by atoms with van der Waals surface area (Å²) in [4.78, 5) is 0. The maximum Gasteiger partial charge on any atom is -0.0162 e. The number of allylic oxidation sites excluding steroid dienone is 2. The molecule has 0 saturated heterocycles. The van der Waals surface area contributed by atoms with E-state index < -0.39 is 0 Å². The Kier molecular flexibility index (Phi) is 8.68. The lowest BCUT2D eigenvalue weighted by atomic mass is 9.76. The highest BCUT2D eigenvalue weighted by Crippen LogP contribution is 2.39. The summed E-state index contributed by atoms with van der Waals surface area (Å²) in [6.45, 7) is 7.06. The topological polar surface area (TPSA) is 0 Å². The van der Waals surface area contributed by atoms with Crippen LogP contribution in [0.15, 0.2) is 30.3 Å². The minimum Gasteiger partial charge on any atom is -0.0804 e. The molecule has 0 amide bonds. The molecule has 156 valence electrons. The van der Waals surface area contributed by atoms with Crippen LogP contribution in [0.5, 0.6) is 0 Å². The van der Waals surface area contributed by atoms with Gasteiger partial charge in [-0.2, -0.15) is 0 Å². The van der Waals surface area contributed by atoms with Crippen molar-refractivity contribution in [1.82, 2.24) is 0 Å². The summed E-state index contributed by atoms with van der Waals surface area (Å²) in [6.07, 6.45) is 20.7. The van der Waals surface area contributed by atoms with E-state index in [0.29, 0.717) is 0 Å². The van der Waals surface area contributed by atoms with Crippen LogP contribution < -0.4 is 0 Å². The van der Waals surface area contributed by atoms with E-state index >= 15 is 0 Å². The molecule has 28 heavy (non-hydrogen) atoms. The van der Waals surface area contributed by atoms with Crippen molar-refractivity contribution in [1.29, 1.82) is 0 Å². The molecule has 3 rings (SSSR count). The molecule has 0 heterocycles. The van der Waals surface area contributed by atoms with Crippen LogP contribution in [0.1, 0.15) is 121 Å². The molecule has 0 spiro atoms. The summed E-state index contributed by atoms with van der Waals surface area (Å²) < 4.78 is 0. The molecule has 1 saturated carbocycles. The van der Waals surface area contributed by atoms with Gasteiger partial charge in [-0.05, 0) is 91.7 Å². The van der Waals surface area contributed by atoms with Crippen LogP contribution in [-0.4, -0.2) is 0 Å². The molecule has 1 aromatic rings. The molecule has 0 bridgehead atoms. The second-order valence-electron chi connectivity index (χ2n) is 9.95. The summed E-state index contributed by atoms with van der Waals surface area (Å²) in [7, 11) is 0. The molecule has 0 nitrogen and oxygen atoms in total. The first-order valence-corrected chi connectivity index (χ1v) is 12.5. The van der Waals surface area contributed by atoms with E-state index in [1.807, 2.05) is 0 Å². The Bertz CT molecular complexity index is 585. The molecule has 0 N–H and O–H groups in total. The van der Waals surface area contributed by atoms with Gasteiger partial charge >= 0.3 is 0 Å². The van der Waals surface area contributed by atoms with Gasteiger partial charge in [0.05, 0.1) is 0 Å². The summed E-state index contributed by atoms with van der Waals surface area (Å²) in [5, 5.41) is 0. The van der Waals surface area contributed by atoms with E-state index in [2.05, 4.69) is 51.1 Å². The van der Waals surface area contributed by atoms with E-state index in [1.54, 1.807) is 11.1 Å². The molecule has 0 aliphatic heterocycles. The molecule has 2 unspecified atom stereocenters. The van der Waals surface area contributed by atoms with Crippen LogP contribution in [-0.2, 0) is 0 Å². The Labute approximate surface area is 175 Å². The molecule has 0 heteroatoms. The number of rotatable bonds is 9. The molecule has 1 aromatic carbocycles. The van der Waals surface area contributed by atoms with Gasteiger partial charge in [-0.25, -0.2) is 0 Å². The van der Waals surface area contributed by atoms with E-state index in [4.69, 9.17) is 0 Å². The largest absolute Gasteiger partial charge is 0.0804 e. The van der Waals surface area contributed by atoms with Crippen molar-refractivity contribution in [3.63, 3.8) is 0 Å². The van der Waals surface area contributed by atoms with Crippen molar-refractivity contribution < 1.29 is 0 Å². The summed E-state index contributed by atoms with van der Waals surface area (Å²) in [5.74, 6) is 3.64. The van der Waals surface area contributed by atoms with Crippen LogP contribution in [0.25, 0.3) is 5.57 Å². The van der Waals surface area contributed by atoms with Crippen molar-refractivity contribution >= 4 is 5.57 Å². The lowest BCUT2D eigenvalue weighted by Crippen LogP contribution is -2.13. The predicted octanol–water partition coefficient (Wildman–Crippen LogP) is 9.16. The fraction of sp³-hybridized carbons (Fsp3) is 0.714. The van der Waals surface area contributed by atoms with Gasteiger partial charge in [0.1, 0.15) is 0 Å². The van der Waals surface area contributed by atoms with Crippen molar-refractivity contribution in [3.8, 4) is 0 Å². The highest BCUT2D eigenvalue weighted by molar-refractivity contribution is 5.66. The minimum atomic E-state index is 0.816. The van der Waals surface area contributed by atoms with E-state index in [9.17, 15) is 0 Å². The molecule has 2 aliphatic carbocycles. The average Bonchev–Trinajstić information content (AvgIpc) is 2.75. The molecular formula is C28H44. The predicted molar refractivity (Wildman–Crippen MR) is 125 cm³/mol. The van der Waals surface area contributed by atoms with Gasteiger partial charge in [0.15, 0.2) is 0 Å². The fourth-order valence-corrected chi connectivity index (χ4v) is 5.54. The van der Waals surface area contributed by atoms with Crippen molar-refractivity contribution in [2.75, 3.05) is 0 Å². The summed E-state index contributed by atoms with van der Waals surface area (Å²) >= 11 is 0. The van der Waals surface area contributed by atoms with E-state index in [1.165, 1.54) is 89.0 Å². The van der Waals surface area contributed by atoms with Gasteiger partial charge in [0.25, 0.3) is 0 Å². The Balaban J connectivity index is 1.48. The molecule has 0 aromatic heterocycles. The second-order valence-corrected chi connectivity index (χ2v) is 9.95. The average molecular weight is 381 g/mol. The van der Waals surface area contributed by atoms with Crippen LogP contribution in [0, 0.1) is 17.8 Å². The van der Waals surface area contributed by atoms with Crippen LogP contribution >= 0.6 is 0 Å². The normalized spacial score (nSPS) is 26.7. The summed E-state index contributed by atoms with van der Waals surface area (Å²) in [6, 6.07) is 9.74.